The van der Waals surface area contributed by atoms with Crippen molar-refractivity contribution >= 4 is 0 Å². The molecule has 0 aliphatic heterocycles. The van der Waals surface area contributed by atoms with Crippen LogP contribution in [0.15, 0.2) is 35.6 Å². The van der Waals surface area contributed by atoms with Crippen LogP contribution in [0.3, 0.4) is 0 Å². The minimum atomic E-state index is 0.373. The summed E-state index contributed by atoms with van der Waals surface area (Å²) < 4.78 is 0. The zero-order chi connectivity index (χ0) is 9.14. The highest BCUT2D eigenvalue weighted by Gasteiger charge is 2.05. The molecule has 0 aromatic heterocycles. The Hall–Kier alpha value is -0.980. The third kappa shape index (κ3) is 2.26. The van der Waals surface area contributed by atoms with Gasteiger partial charge in [-0.15, -0.1) is 0 Å². The number of allylic oxidation sites excluding steroid dienone is 5. The first-order chi connectivity index (χ1) is 5.59. The molecule has 0 spiro atoms. The second-order valence-corrected chi connectivity index (χ2v) is 3.58. The lowest BCUT2D eigenvalue weighted by Gasteiger charge is -2.12. The van der Waals surface area contributed by atoms with E-state index in [0.717, 1.165) is 5.70 Å². The molecule has 0 saturated heterocycles. The lowest BCUT2D eigenvalue weighted by Crippen LogP contribution is -2.09. The van der Waals surface area contributed by atoms with Gasteiger partial charge in [0.05, 0.1) is 0 Å². The van der Waals surface area contributed by atoms with E-state index >= 15 is 0 Å². The van der Waals surface area contributed by atoms with Crippen molar-refractivity contribution in [2.75, 3.05) is 0 Å². The van der Waals surface area contributed by atoms with E-state index in [9.17, 15) is 0 Å². The van der Waals surface area contributed by atoms with Gasteiger partial charge in [0.25, 0.3) is 0 Å². The van der Waals surface area contributed by atoms with Crippen molar-refractivity contribution in [1.82, 2.24) is 0 Å². The van der Waals surface area contributed by atoms with Gasteiger partial charge in [-0.3, -0.25) is 0 Å². The van der Waals surface area contributed by atoms with Gasteiger partial charge in [-0.05, 0) is 12.8 Å². The molecule has 0 fully saturated rings. The van der Waals surface area contributed by atoms with Crippen LogP contribution in [0, 0.1) is 11.8 Å². The summed E-state index contributed by atoms with van der Waals surface area (Å²) in [6, 6.07) is 0. The normalized spacial score (nSPS) is 41.6. The Labute approximate surface area is 74.7 Å². The minimum Gasteiger partial charge on any atom is -0.402 e. The summed E-state index contributed by atoms with van der Waals surface area (Å²) in [5.41, 5.74) is 8.16. The Morgan fingerprint density at radius 2 is 1.92 bits per heavy atom. The number of nitrogens with two attached hydrogens (primary N) is 1. The molecule has 0 amide bonds. The van der Waals surface area contributed by atoms with E-state index < -0.39 is 0 Å². The van der Waals surface area contributed by atoms with Crippen LogP contribution in [0.2, 0.25) is 0 Å². The average Bonchev–Trinajstić information content (AvgIpc) is 1.99. The maximum Gasteiger partial charge on any atom is 0.0138 e. The topological polar surface area (TPSA) is 26.0 Å². The predicted octanol–water partition coefficient (Wildman–Crippen LogP) is 2.62. The summed E-state index contributed by atoms with van der Waals surface area (Å²) in [6.07, 6.45) is 8.63. The summed E-state index contributed by atoms with van der Waals surface area (Å²) in [6.45, 7) is 6.38. The van der Waals surface area contributed by atoms with Gasteiger partial charge in [-0.2, -0.15) is 0 Å². The molecule has 2 N–H and O–H groups in total. The lowest BCUT2D eigenvalue weighted by molar-refractivity contribution is 0.796. The molecule has 0 saturated carbocycles. The van der Waals surface area contributed by atoms with Gasteiger partial charge in [0.15, 0.2) is 0 Å². The van der Waals surface area contributed by atoms with Crippen LogP contribution in [0.25, 0.3) is 0 Å². The minimum absolute atomic E-state index is 0.373. The van der Waals surface area contributed by atoms with Crippen LogP contribution < -0.4 is 5.73 Å². The quantitative estimate of drug-likeness (QED) is 0.583. The van der Waals surface area contributed by atoms with Gasteiger partial charge in [0.1, 0.15) is 0 Å². The summed E-state index contributed by atoms with van der Waals surface area (Å²) >= 11 is 0. The number of hydrogen-bond donors (Lipinski definition) is 1. The van der Waals surface area contributed by atoms with Gasteiger partial charge in [-0.25, -0.2) is 0 Å². The lowest BCUT2D eigenvalue weighted by atomic mass is 9.97. The highest BCUT2D eigenvalue weighted by molar-refractivity contribution is 5.25. The van der Waals surface area contributed by atoms with Gasteiger partial charge >= 0.3 is 0 Å². The van der Waals surface area contributed by atoms with Crippen LogP contribution in [0.5, 0.6) is 0 Å². The highest BCUT2D eigenvalue weighted by Crippen LogP contribution is 2.16. The monoisotopic (exact) mass is 163 g/mol. The van der Waals surface area contributed by atoms with Crippen molar-refractivity contribution < 1.29 is 0 Å². The molecule has 12 heavy (non-hydrogen) atoms. The van der Waals surface area contributed by atoms with E-state index in [-0.39, 0.29) is 0 Å². The van der Waals surface area contributed by atoms with Crippen LogP contribution in [0.4, 0.5) is 0 Å². The van der Waals surface area contributed by atoms with Gasteiger partial charge < -0.3 is 5.73 Å². The molecule has 0 aromatic rings. The Morgan fingerprint density at radius 1 is 1.25 bits per heavy atom. The highest BCUT2D eigenvalue weighted by atomic mass is 14.6. The van der Waals surface area contributed by atoms with Crippen molar-refractivity contribution in [3.05, 3.63) is 35.6 Å². The molecule has 2 atom stereocenters. The fourth-order valence-electron chi connectivity index (χ4n) is 1.36. The average molecular weight is 163 g/mol. The first kappa shape index (κ1) is 9.11. The van der Waals surface area contributed by atoms with E-state index in [1.807, 2.05) is 0 Å². The SMILES string of the molecule is CC1=C/C(C)/C(N)=C\C(C)/C=C\1. The van der Waals surface area contributed by atoms with Gasteiger partial charge in [-0.1, -0.05) is 43.7 Å². The van der Waals surface area contributed by atoms with Gasteiger partial charge in [0, 0.05) is 11.6 Å². The fourth-order valence-corrected chi connectivity index (χ4v) is 1.36. The third-order valence-corrected chi connectivity index (χ3v) is 2.16. The Kier molecular flexibility index (Phi) is 2.74. The van der Waals surface area contributed by atoms with E-state index in [1.54, 1.807) is 0 Å². The van der Waals surface area contributed by atoms with Crippen molar-refractivity contribution in [2.45, 2.75) is 20.8 Å². The molecule has 0 aromatic carbocycles. The summed E-state index contributed by atoms with van der Waals surface area (Å²) in [5.74, 6) is 0.827. The first-order valence-electron chi connectivity index (χ1n) is 4.43. The molecule has 0 bridgehead atoms. The van der Waals surface area contributed by atoms with E-state index in [2.05, 4.69) is 45.1 Å². The predicted molar refractivity (Wildman–Crippen MR) is 53.5 cm³/mol. The Bertz CT molecular complexity index is 246. The molecule has 1 aliphatic carbocycles. The fraction of sp³-hybridized carbons (Fsp3) is 0.455. The standard InChI is InChI=1S/C11H17N/c1-8-4-5-9(2)7-11(12)10(3)6-8/h4-7,9-10H,12H2,1-3H3/b5-4-,8-6-,11-7+. The summed E-state index contributed by atoms with van der Waals surface area (Å²) in [5, 5.41) is 0. The van der Waals surface area contributed by atoms with E-state index in [1.165, 1.54) is 5.57 Å². The Morgan fingerprint density at radius 3 is 2.58 bits per heavy atom. The molecule has 1 aliphatic rings. The smallest absolute Gasteiger partial charge is 0.0138 e. The van der Waals surface area contributed by atoms with Crippen LogP contribution >= 0.6 is 0 Å². The molecule has 0 radical (unpaired) electrons. The first-order valence-corrected chi connectivity index (χ1v) is 4.43. The van der Waals surface area contributed by atoms with Crippen LogP contribution in [-0.2, 0) is 0 Å². The largest absolute Gasteiger partial charge is 0.402 e. The molecule has 1 heteroatoms. The number of hydrogen-bond acceptors (Lipinski definition) is 1. The number of rotatable bonds is 0. The molecule has 0 heterocycles. The molecule has 66 valence electrons. The molecule has 1 nitrogen and oxygen atoms in total. The van der Waals surface area contributed by atoms with Gasteiger partial charge in [0.2, 0.25) is 0 Å². The molecule has 2 unspecified atom stereocenters. The van der Waals surface area contributed by atoms with E-state index in [0.29, 0.717) is 11.8 Å². The van der Waals surface area contributed by atoms with Crippen molar-refractivity contribution in [3.8, 4) is 0 Å². The Balaban J connectivity index is 2.96. The maximum absolute atomic E-state index is 5.88. The second kappa shape index (κ2) is 3.61. The molecular formula is C11H17N. The summed E-state index contributed by atoms with van der Waals surface area (Å²) in [4.78, 5) is 0. The maximum atomic E-state index is 5.88. The second-order valence-electron chi connectivity index (χ2n) is 3.58. The molecular weight excluding hydrogens is 146 g/mol. The van der Waals surface area contributed by atoms with Crippen molar-refractivity contribution in [1.29, 1.82) is 0 Å². The zero-order valence-electron chi connectivity index (χ0n) is 8.04. The van der Waals surface area contributed by atoms with Crippen molar-refractivity contribution in [2.24, 2.45) is 17.6 Å². The molecule has 1 rings (SSSR count). The third-order valence-electron chi connectivity index (χ3n) is 2.16. The van der Waals surface area contributed by atoms with Crippen LogP contribution in [-0.4, -0.2) is 0 Å². The zero-order valence-corrected chi connectivity index (χ0v) is 8.04. The van der Waals surface area contributed by atoms with Crippen LogP contribution in [0.1, 0.15) is 20.8 Å². The summed E-state index contributed by atoms with van der Waals surface area (Å²) in [7, 11) is 0. The van der Waals surface area contributed by atoms with E-state index in [4.69, 9.17) is 5.73 Å². The van der Waals surface area contributed by atoms with Crippen molar-refractivity contribution in [3.63, 3.8) is 0 Å².